The number of halogens is 3. The van der Waals surface area contributed by atoms with Gasteiger partial charge in [-0.25, -0.2) is 10.0 Å². The van der Waals surface area contributed by atoms with Gasteiger partial charge in [0.1, 0.15) is 0 Å². The van der Waals surface area contributed by atoms with Gasteiger partial charge < -0.3 is 0 Å². The van der Waals surface area contributed by atoms with Gasteiger partial charge >= 0.3 is 0 Å². The van der Waals surface area contributed by atoms with Crippen molar-refractivity contribution in [3.63, 3.8) is 0 Å². The van der Waals surface area contributed by atoms with Crippen LogP contribution >= 0.6 is 46.6 Å². The number of hydrazine groups is 1. The lowest BCUT2D eigenvalue weighted by molar-refractivity contribution is 0.0750. The second-order valence-corrected chi connectivity index (χ2v) is 10.4. The molecule has 0 aromatic heterocycles. The molecule has 2 aliphatic rings. The molecule has 3 aromatic carbocycles. The molecule has 0 radical (unpaired) electrons. The summed E-state index contributed by atoms with van der Waals surface area (Å²) in [6.07, 6.45) is 3.40. The molecule has 0 unspecified atom stereocenters. The largest absolute Gasteiger partial charge is 0.285 e. The number of nitrogens with zero attached hydrogens (tertiary/aromatic N) is 2. The van der Waals surface area contributed by atoms with Gasteiger partial charge in [-0.3, -0.25) is 10.2 Å². The number of fused-ring (bicyclic) bond motifs is 2. The number of rotatable bonds is 3. The van der Waals surface area contributed by atoms with Crippen LogP contribution in [0.2, 0.25) is 15.1 Å². The fourth-order valence-electron chi connectivity index (χ4n) is 4.01. The summed E-state index contributed by atoms with van der Waals surface area (Å²) in [6.45, 7) is 1.75. The Labute approximate surface area is 211 Å². The topological polar surface area (TPSA) is 44.7 Å². The van der Waals surface area contributed by atoms with E-state index in [0.29, 0.717) is 32.0 Å². The molecular formula is C25H20Cl3N3OS. The molecule has 2 heterocycles. The van der Waals surface area contributed by atoms with Gasteiger partial charge in [-0.15, -0.1) is 0 Å². The molecule has 1 saturated heterocycles. The van der Waals surface area contributed by atoms with Crippen LogP contribution in [0.3, 0.4) is 0 Å². The molecule has 8 heteroatoms. The molecule has 0 spiro atoms. The van der Waals surface area contributed by atoms with Crippen molar-refractivity contribution in [3.05, 3.63) is 86.4 Å². The van der Waals surface area contributed by atoms with Gasteiger partial charge in [0, 0.05) is 49.6 Å². The van der Waals surface area contributed by atoms with Crippen molar-refractivity contribution >= 4 is 63.9 Å². The molecule has 4 nitrogen and oxygen atoms in total. The summed E-state index contributed by atoms with van der Waals surface area (Å²) in [5.41, 5.74) is 6.70. The second kappa shape index (κ2) is 9.69. The Bertz CT molecular complexity index is 1270. The molecule has 0 saturated carbocycles. The molecule has 3 aromatic rings. The quantitative estimate of drug-likeness (QED) is 0.308. The number of amides is 1. The van der Waals surface area contributed by atoms with E-state index in [2.05, 4.69) is 5.43 Å². The van der Waals surface area contributed by atoms with Crippen LogP contribution in [0.1, 0.15) is 40.7 Å². The highest BCUT2D eigenvalue weighted by Gasteiger charge is 2.22. The summed E-state index contributed by atoms with van der Waals surface area (Å²) in [5.74, 6) is -0.129. The van der Waals surface area contributed by atoms with Crippen LogP contribution < -0.4 is 5.43 Å². The summed E-state index contributed by atoms with van der Waals surface area (Å²) in [5, 5.41) is 3.70. The Hall–Kier alpha value is -2.02. The van der Waals surface area contributed by atoms with Gasteiger partial charge in [0.2, 0.25) is 0 Å². The Morgan fingerprint density at radius 3 is 2.33 bits per heavy atom. The first-order chi connectivity index (χ1) is 16.0. The van der Waals surface area contributed by atoms with Crippen molar-refractivity contribution < 1.29 is 4.79 Å². The number of benzene rings is 3. The van der Waals surface area contributed by atoms with Crippen LogP contribution in [0.15, 0.2) is 69.4 Å². The van der Waals surface area contributed by atoms with Crippen molar-refractivity contribution in [2.24, 2.45) is 4.99 Å². The summed E-state index contributed by atoms with van der Waals surface area (Å²) in [7, 11) is 0. The highest BCUT2D eigenvalue weighted by molar-refractivity contribution is 7.99. The Morgan fingerprint density at radius 2 is 1.58 bits per heavy atom. The average molecular weight is 517 g/mol. The van der Waals surface area contributed by atoms with Crippen LogP contribution in [0.5, 0.6) is 0 Å². The summed E-state index contributed by atoms with van der Waals surface area (Å²) >= 11 is 20.6. The van der Waals surface area contributed by atoms with Crippen LogP contribution in [-0.2, 0) is 0 Å². The fourth-order valence-corrected chi connectivity index (χ4v) is 5.79. The lowest BCUT2D eigenvalue weighted by atomic mass is 10.0. The second-order valence-electron chi connectivity index (χ2n) is 8.00. The Kier molecular flexibility index (Phi) is 6.68. The molecule has 1 amide bonds. The maximum Gasteiger partial charge on any atom is 0.265 e. The van der Waals surface area contributed by atoms with Crippen molar-refractivity contribution in [1.82, 2.24) is 10.4 Å². The smallest absolute Gasteiger partial charge is 0.265 e. The molecule has 168 valence electrons. The van der Waals surface area contributed by atoms with Crippen LogP contribution in [0.4, 0.5) is 5.69 Å². The third-order valence-electron chi connectivity index (χ3n) is 5.67. The van der Waals surface area contributed by atoms with Gasteiger partial charge in [-0.2, -0.15) is 0 Å². The van der Waals surface area contributed by atoms with Gasteiger partial charge in [-0.05, 0) is 61.4 Å². The van der Waals surface area contributed by atoms with E-state index in [1.807, 2.05) is 47.5 Å². The van der Waals surface area contributed by atoms with Gasteiger partial charge in [0.05, 0.1) is 16.4 Å². The zero-order valence-electron chi connectivity index (χ0n) is 17.6. The Balaban J connectivity index is 1.58. The minimum absolute atomic E-state index is 0.129. The van der Waals surface area contributed by atoms with E-state index in [1.54, 1.807) is 23.9 Å². The first-order valence-corrected chi connectivity index (χ1v) is 12.6. The number of carbonyl (C=O) groups excluding carboxylic acids is 1. The molecule has 2 aliphatic heterocycles. The van der Waals surface area contributed by atoms with E-state index >= 15 is 0 Å². The normalized spacial score (nSPS) is 15.8. The summed E-state index contributed by atoms with van der Waals surface area (Å²) in [6, 6.07) is 16.7. The highest BCUT2D eigenvalue weighted by Crippen LogP contribution is 2.43. The lowest BCUT2D eigenvalue weighted by Gasteiger charge is -2.26. The average Bonchev–Trinajstić information content (AvgIpc) is 2.95. The van der Waals surface area contributed by atoms with Gasteiger partial charge in [0.15, 0.2) is 0 Å². The molecular weight excluding hydrogens is 497 g/mol. The minimum atomic E-state index is -0.129. The molecule has 1 fully saturated rings. The van der Waals surface area contributed by atoms with Crippen LogP contribution in [0.25, 0.3) is 0 Å². The van der Waals surface area contributed by atoms with Gasteiger partial charge in [0.25, 0.3) is 5.91 Å². The van der Waals surface area contributed by atoms with Gasteiger partial charge in [-0.1, -0.05) is 59.1 Å². The predicted octanol–water partition coefficient (Wildman–Crippen LogP) is 7.41. The number of hydrogen-bond donors (Lipinski definition) is 1. The maximum atomic E-state index is 12.9. The van der Waals surface area contributed by atoms with E-state index in [9.17, 15) is 4.79 Å². The molecule has 0 atom stereocenters. The third-order valence-corrected chi connectivity index (χ3v) is 7.58. The monoisotopic (exact) mass is 515 g/mol. The standard InChI is InChI=1S/C25H20Cl3N3OS/c26-16-5-7-18(20(28)13-16)24-19-8-6-17(27)14-23(19)33-22-9-4-15(12-21(22)29-24)25(32)30-31-10-2-1-3-11-31/h4-9,12-14H,1-3,10-11H2,(H,30,32). The maximum absolute atomic E-state index is 12.9. The number of aliphatic imine (C=N–C) groups is 1. The van der Waals surface area contributed by atoms with Crippen molar-refractivity contribution in [1.29, 1.82) is 0 Å². The molecule has 1 N–H and O–H groups in total. The first-order valence-electron chi connectivity index (χ1n) is 10.7. The number of nitrogens with one attached hydrogen (secondary N) is 1. The van der Waals surface area contributed by atoms with Crippen LogP contribution in [0, 0.1) is 0 Å². The molecule has 0 aliphatic carbocycles. The van der Waals surface area contributed by atoms with Crippen molar-refractivity contribution in [2.45, 2.75) is 29.1 Å². The molecule has 5 rings (SSSR count). The predicted molar refractivity (Wildman–Crippen MR) is 137 cm³/mol. The highest BCUT2D eigenvalue weighted by atomic mass is 35.5. The Morgan fingerprint density at radius 1 is 0.848 bits per heavy atom. The van der Waals surface area contributed by atoms with E-state index in [1.165, 1.54) is 6.42 Å². The van der Waals surface area contributed by atoms with Crippen molar-refractivity contribution in [3.8, 4) is 0 Å². The SMILES string of the molecule is O=C(NN1CCCCC1)c1ccc2c(c1)N=C(c1ccc(Cl)cc1Cl)c1ccc(Cl)cc1S2. The van der Waals surface area contributed by atoms with E-state index in [0.717, 1.165) is 46.8 Å². The van der Waals surface area contributed by atoms with Crippen LogP contribution in [-0.4, -0.2) is 29.7 Å². The number of hydrogen-bond acceptors (Lipinski definition) is 4. The zero-order chi connectivity index (χ0) is 22.9. The van der Waals surface area contributed by atoms with E-state index < -0.39 is 0 Å². The summed E-state index contributed by atoms with van der Waals surface area (Å²) < 4.78 is 0. The fraction of sp³-hybridized carbons (Fsp3) is 0.200. The first kappa shape index (κ1) is 22.8. The third kappa shape index (κ3) is 4.93. The number of piperidine rings is 1. The van der Waals surface area contributed by atoms with E-state index in [4.69, 9.17) is 39.8 Å². The van der Waals surface area contributed by atoms with Crippen molar-refractivity contribution in [2.75, 3.05) is 13.1 Å². The summed E-state index contributed by atoms with van der Waals surface area (Å²) in [4.78, 5) is 19.8. The molecule has 0 bridgehead atoms. The zero-order valence-corrected chi connectivity index (χ0v) is 20.7. The number of carbonyl (C=O) groups is 1. The lowest BCUT2D eigenvalue weighted by Crippen LogP contribution is -2.45. The minimum Gasteiger partial charge on any atom is -0.285 e. The molecule has 33 heavy (non-hydrogen) atoms. The van der Waals surface area contributed by atoms with E-state index in [-0.39, 0.29) is 5.91 Å².